The van der Waals surface area contributed by atoms with Gasteiger partial charge in [0, 0.05) is 12.7 Å². The number of hydrogen-bond acceptors (Lipinski definition) is 3. The van der Waals surface area contributed by atoms with Gasteiger partial charge in [0.25, 0.3) is 5.91 Å². The largest absolute Gasteiger partial charge is 0.399 e. The van der Waals surface area contributed by atoms with Gasteiger partial charge in [-0.25, -0.2) is 9.18 Å². The Morgan fingerprint density at radius 2 is 2.06 bits per heavy atom. The molecule has 2 rings (SSSR count). The Kier molecular flexibility index (Phi) is 2.71. The molecule has 0 bridgehead atoms. The minimum Gasteiger partial charge on any atom is -0.399 e. The molecule has 1 heterocycles. The molecule has 17 heavy (non-hydrogen) atoms. The van der Waals surface area contributed by atoms with Gasteiger partial charge in [-0.3, -0.25) is 9.69 Å². The highest BCUT2D eigenvalue weighted by Gasteiger charge is 2.33. The van der Waals surface area contributed by atoms with Crippen LogP contribution < -0.4 is 5.73 Å². The van der Waals surface area contributed by atoms with Crippen LogP contribution in [-0.2, 0) is 11.3 Å². The number of nitrogen functional groups attached to an aromatic ring is 1. The van der Waals surface area contributed by atoms with Crippen LogP contribution in [0.3, 0.4) is 0 Å². The van der Waals surface area contributed by atoms with Crippen LogP contribution in [0.1, 0.15) is 5.56 Å². The van der Waals surface area contributed by atoms with E-state index >= 15 is 0 Å². The Hall–Kier alpha value is -2.11. The van der Waals surface area contributed by atoms with Crippen molar-refractivity contribution in [3.05, 3.63) is 29.6 Å². The third-order valence-corrected chi connectivity index (χ3v) is 2.55. The summed E-state index contributed by atoms with van der Waals surface area (Å²) in [5, 5.41) is 0. The fraction of sp³-hybridized carbons (Fsp3) is 0.273. The molecule has 0 atom stereocenters. The van der Waals surface area contributed by atoms with Crippen molar-refractivity contribution in [2.45, 2.75) is 6.54 Å². The molecule has 1 fully saturated rings. The molecule has 1 aliphatic heterocycles. The van der Waals surface area contributed by atoms with Crippen molar-refractivity contribution >= 4 is 17.6 Å². The molecular weight excluding hydrogens is 225 g/mol. The summed E-state index contributed by atoms with van der Waals surface area (Å²) in [5.41, 5.74) is 6.26. The highest BCUT2D eigenvalue weighted by atomic mass is 19.1. The summed E-state index contributed by atoms with van der Waals surface area (Å²) < 4.78 is 13.1. The van der Waals surface area contributed by atoms with E-state index in [1.54, 1.807) is 13.1 Å². The number of benzene rings is 1. The summed E-state index contributed by atoms with van der Waals surface area (Å²) in [7, 11) is 1.54. The summed E-state index contributed by atoms with van der Waals surface area (Å²) in [6.07, 6.45) is 0. The molecule has 0 radical (unpaired) electrons. The van der Waals surface area contributed by atoms with E-state index in [-0.39, 0.29) is 30.7 Å². The van der Waals surface area contributed by atoms with Gasteiger partial charge in [-0.05, 0) is 23.8 Å². The molecule has 0 spiro atoms. The maximum Gasteiger partial charge on any atom is 0.327 e. The average Bonchev–Trinajstić information content (AvgIpc) is 2.44. The lowest BCUT2D eigenvalue weighted by atomic mass is 10.2. The summed E-state index contributed by atoms with van der Waals surface area (Å²) in [5.74, 6) is -0.771. The predicted molar refractivity (Wildman–Crippen MR) is 59.4 cm³/mol. The van der Waals surface area contributed by atoms with E-state index in [0.717, 1.165) is 4.90 Å². The van der Waals surface area contributed by atoms with E-state index < -0.39 is 5.82 Å². The van der Waals surface area contributed by atoms with Crippen molar-refractivity contribution in [2.24, 2.45) is 0 Å². The number of nitrogens with zero attached hydrogens (tertiary/aromatic N) is 2. The molecule has 3 amide bonds. The molecule has 0 saturated carbocycles. The number of rotatable bonds is 2. The van der Waals surface area contributed by atoms with Crippen LogP contribution >= 0.6 is 0 Å². The first-order chi connectivity index (χ1) is 7.97. The molecule has 1 aromatic carbocycles. The molecular formula is C11H12FN3O2. The number of anilines is 1. The van der Waals surface area contributed by atoms with Gasteiger partial charge in [0.05, 0.1) is 6.54 Å². The fourth-order valence-corrected chi connectivity index (χ4v) is 1.77. The number of hydrogen-bond donors (Lipinski definition) is 1. The lowest BCUT2D eigenvalue weighted by molar-refractivity contribution is -0.125. The number of nitrogens with two attached hydrogens (primary N) is 1. The minimum absolute atomic E-state index is 0.0456. The topological polar surface area (TPSA) is 66.6 Å². The molecule has 1 saturated heterocycles. The van der Waals surface area contributed by atoms with Crippen molar-refractivity contribution in [1.82, 2.24) is 9.80 Å². The molecule has 6 heteroatoms. The maximum absolute atomic E-state index is 13.1. The van der Waals surface area contributed by atoms with E-state index in [1.807, 2.05) is 0 Å². The fourth-order valence-electron chi connectivity index (χ4n) is 1.77. The molecule has 1 aliphatic rings. The van der Waals surface area contributed by atoms with Gasteiger partial charge < -0.3 is 10.6 Å². The second-order valence-electron chi connectivity index (χ2n) is 4.01. The number of urea groups is 1. The monoisotopic (exact) mass is 237 g/mol. The zero-order chi connectivity index (χ0) is 12.6. The lowest BCUT2D eigenvalue weighted by Crippen LogP contribution is -2.31. The molecule has 1 aromatic rings. The minimum atomic E-state index is -0.479. The Morgan fingerprint density at radius 3 is 2.59 bits per heavy atom. The first-order valence-corrected chi connectivity index (χ1v) is 5.08. The number of imide groups is 1. The van der Waals surface area contributed by atoms with Gasteiger partial charge in [-0.15, -0.1) is 0 Å². The van der Waals surface area contributed by atoms with Crippen LogP contribution in [0.15, 0.2) is 18.2 Å². The molecule has 5 nitrogen and oxygen atoms in total. The third kappa shape index (κ3) is 2.20. The molecule has 2 N–H and O–H groups in total. The molecule has 90 valence electrons. The van der Waals surface area contributed by atoms with Gasteiger partial charge in [0.2, 0.25) is 0 Å². The second kappa shape index (κ2) is 4.04. The van der Waals surface area contributed by atoms with Crippen molar-refractivity contribution in [2.75, 3.05) is 19.3 Å². The summed E-state index contributed by atoms with van der Waals surface area (Å²) in [4.78, 5) is 25.5. The highest BCUT2D eigenvalue weighted by Crippen LogP contribution is 2.16. The Labute approximate surface area is 97.6 Å². The van der Waals surface area contributed by atoms with Gasteiger partial charge in [-0.1, -0.05) is 0 Å². The van der Waals surface area contributed by atoms with Crippen molar-refractivity contribution in [3.8, 4) is 0 Å². The normalized spacial score (nSPS) is 15.9. The smallest absolute Gasteiger partial charge is 0.327 e. The lowest BCUT2D eigenvalue weighted by Gasteiger charge is -2.14. The van der Waals surface area contributed by atoms with Gasteiger partial charge in [0.15, 0.2) is 0 Å². The number of halogens is 1. The highest BCUT2D eigenvalue weighted by molar-refractivity contribution is 6.01. The van der Waals surface area contributed by atoms with E-state index in [4.69, 9.17) is 5.73 Å². The zero-order valence-corrected chi connectivity index (χ0v) is 9.31. The number of carbonyl (C=O) groups is 2. The van der Waals surface area contributed by atoms with Crippen LogP contribution in [0.2, 0.25) is 0 Å². The van der Waals surface area contributed by atoms with Crippen LogP contribution in [0, 0.1) is 5.82 Å². The molecule has 0 aromatic heterocycles. The first-order valence-electron chi connectivity index (χ1n) is 5.08. The molecule has 0 unspecified atom stereocenters. The van der Waals surface area contributed by atoms with E-state index in [0.29, 0.717) is 5.56 Å². The van der Waals surface area contributed by atoms with Crippen LogP contribution in [0.25, 0.3) is 0 Å². The van der Waals surface area contributed by atoms with Crippen LogP contribution in [0.4, 0.5) is 14.9 Å². The number of amides is 3. The van der Waals surface area contributed by atoms with E-state index in [2.05, 4.69) is 0 Å². The predicted octanol–water partition coefficient (Wildman–Crippen LogP) is 0.802. The number of carbonyl (C=O) groups excluding carboxylic acids is 2. The van der Waals surface area contributed by atoms with Crippen LogP contribution in [0.5, 0.6) is 0 Å². The van der Waals surface area contributed by atoms with E-state index in [1.165, 1.54) is 17.0 Å². The van der Waals surface area contributed by atoms with Gasteiger partial charge >= 0.3 is 6.03 Å². The van der Waals surface area contributed by atoms with Crippen molar-refractivity contribution < 1.29 is 14.0 Å². The zero-order valence-electron chi connectivity index (χ0n) is 9.31. The average molecular weight is 237 g/mol. The van der Waals surface area contributed by atoms with Gasteiger partial charge in [0.1, 0.15) is 12.4 Å². The third-order valence-electron chi connectivity index (χ3n) is 2.55. The Morgan fingerprint density at radius 1 is 1.35 bits per heavy atom. The van der Waals surface area contributed by atoms with Crippen molar-refractivity contribution in [3.63, 3.8) is 0 Å². The summed E-state index contributed by atoms with van der Waals surface area (Å²) in [6.45, 7) is 0.105. The first kappa shape index (κ1) is 11.4. The summed E-state index contributed by atoms with van der Waals surface area (Å²) in [6, 6.07) is 3.61. The standard InChI is InChI=1S/C11H12FN3O2/c1-14-6-10(16)15(11(14)17)5-7-2-8(12)4-9(13)3-7/h2-4H,5-6,13H2,1H3. The Balaban J connectivity index is 2.21. The van der Waals surface area contributed by atoms with E-state index in [9.17, 15) is 14.0 Å². The SMILES string of the molecule is CN1CC(=O)N(Cc2cc(N)cc(F)c2)C1=O. The quantitative estimate of drug-likeness (QED) is 0.611. The second-order valence-corrected chi connectivity index (χ2v) is 4.01. The van der Waals surface area contributed by atoms with Gasteiger partial charge in [-0.2, -0.15) is 0 Å². The molecule has 0 aliphatic carbocycles. The Bertz CT molecular complexity index is 469. The maximum atomic E-state index is 13.1. The van der Waals surface area contributed by atoms with Crippen LogP contribution in [-0.4, -0.2) is 35.3 Å². The van der Waals surface area contributed by atoms with Crippen molar-refractivity contribution in [1.29, 1.82) is 0 Å². The number of likely N-dealkylation sites (N-methyl/N-ethyl adjacent to an activating group) is 1. The summed E-state index contributed by atoms with van der Waals surface area (Å²) >= 11 is 0.